The normalized spacial score (nSPS) is 14.6. The summed E-state index contributed by atoms with van der Waals surface area (Å²) in [5, 5.41) is 3.02. The predicted octanol–water partition coefficient (Wildman–Crippen LogP) is 5.07. The number of nitrogens with one attached hydrogen (secondary N) is 1. The Labute approximate surface area is 179 Å². The number of piperidine rings is 1. The van der Waals surface area contributed by atoms with Crippen molar-refractivity contribution in [3.63, 3.8) is 0 Å². The van der Waals surface area contributed by atoms with Gasteiger partial charge in [-0.05, 0) is 43.5 Å². The number of aromatic nitrogens is 2. The molecule has 0 aliphatic carbocycles. The van der Waals surface area contributed by atoms with Gasteiger partial charge >= 0.3 is 0 Å². The molecule has 1 aliphatic heterocycles. The third-order valence-corrected chi connectivity index (χ3v) is 5.72. The molecular weight excluding hydrogens is 428 g/mol. The number of hydrogen-bond acceptors (Lipinski definition) is 4. The van der Waals surface area contributed by atoms with Crippen molar-refractivity contribution in [2.75, 3.05) is 23.3 Å². The molecule has 29 heavy (non-hydrogen) atoms. The standard InChI is InChI=1S/C23H23BrN4O/c1-16-4-2-5-18(12-16)19-14-25-23(26-15-19)28-10-8-17(9-11-28)22(29)27-21-7-3-6-20(24)13-21/h2-7,12-15,17H,8-11H2,1H3,(H,27,29). The number of carbonyl (C=O) groups excluding carboxylic acids is 1. The van der Waals surface area contributed by atoms with E-state index in [9.17, 15) is 4.79 Å². The highest BCUT2D eigenvalue weighted by molar-refractivity contribution is 9.10. The summed E-state index contributed by atoms with van der Waals surface area (Å²) in [6.07, 6.45) is 5.35. The quantitative estimate of drug-likeness (QED) is 0.602. The largest absolute Gasteiger partial charge is 0.341 e. The number of anilines is 2. The third kappa shape index (κ3) is 4.82. The van der Waals surface area contributed by atoms with Crippen LogP contribution in [-0.2, 0) is 4.79 Å². The first-order valence-electron chi connectivity index (χ1n) is 9.79. The number of halogens is 1. The van der Waals surface area contributed by atoms with E-state index < -0.39 is 0 Å². The molecule has 0 spiro atoms. The van der Waals surface area contributed by atoms with Crippen LogP contribution in [0.25, 0.3) is 11.1 Å². The van der Waals surface area contributed by atoms with Crippen LogP contribution >= 0.6 is 15.9 Å². The lowest BCUT2D eigenvalue weighted by molar-refractivity contribution is -0.120. The van der Waals surface area contributed by atoms with E-state index in [1.165, 1.54) is 5.56 Å². The highest BCUT2D eigenvalue weighted by atomic mass is 79.9. The summed E-state index contributed by atoms with van der Waals surface area (Å²) in [5.74, 6) is 0.822. The van der Waals surface area contributed by atoms with Crippen molar-refractivity contribution < 1.29 is 4.79 Å². The van der Waals surface area contributed by atoms with Crippen molar-refractivity contribution in [1.29, 1.82) is 0 Å². The summed E-state index contributed by atoms with van der Waals surface area (Å²) < 4.78 is 0.955. The minimum atomic E-state index is 0.0109. The van der Waals surface area contributed by atoms with Crippen molar-refractivity contribution in [3.05, 3.63) is 71.0 Å². The van der Waals surface area contributed by atoms with Gasteiger partial charge in [0.1, 0.15) is 0 Å². The molecule has 4 rings (SSSR count). The molecule has 0 atom stereocenters. The van der Waals surface area contributed by atoms with Crippen LogP contribution in [0.4, 0.5) is 11.6 Å². The third-order valence-electron chi connectivity index (χ3n) is 5.23. The molecule has 1 amide bonds. The molecule has 3 aromatic rings. The zero-order valence-corrected chi connectivity index (χ0v) is 17.9. The minimum Gasteiger partial charge on any atom is -0.341 e. The highest BCUT2D eigenvalue weighted by Crippen LogP contribution is 2.25. The molecule has 148 valence electrons. The molecule has 0 bridgehead atoms. The summed E-state index contributed by atoms with van der Waals surface area (Å²) in [5.41, 5.74) is 4.18. The van der Waals surface area contributed by atoms with Gasteiger partial charge in [0.15, 0.2) is 0 Å². The zero-order valence-electron chi connectivity index (χ0n) is 16.3. The maximum atomic E-state index is 12.6. The Balaban J connectivity index is 1.35. The van der Waals surface area contributed by atoms with Crippen LogP contribution in [0.15, 0.2) is 65.4 Å². The SMILES string of the molecule is Cc1cccc(-c2cnc(N3CCC(C(=O)Nc4cccc(Br)c4)CC3)nc2)c1. The van der Waals surface area contributed by atoms with Crippen molar-refractivity contribution in [1.82, 2.24) is 9.97 Å². The van der Waals surface area contributed by atoms with Crippen LogP contribution in [0, 0.1) is 12.8 Å². The summed E-state index contributed by atoms with van der Waals surface area (Å²) >= 11 is 3.43. The summed E-state index contributed by atoms with van der Waals surface area (Å²) in [6.45, 7) is 3.64. The molecule has 5 nitrogen and oxygen atoms in total. The fraction of sp³-hybridized carbons (Fsp3) is 0.261. The monoisotopic (exact) mass is 450 g/mol. The van der Waals surface area contributed by atoms with Crippen molar-refractivity contribution in [2.45, 2.75) is 19.8 Å². The molecule has 0 saturated carbocycles. The Morgan fingerprint density at radius 1 is 1.03 bits per heavy atom. The van der Waals surface area contributed by atoms with E-state index in [1.54, 1.807) is 0 Å². The van der Waals surface area contributed by atoms with Crippen molar-refractivity contribution in [3.8, 4) is 11.1 Å². The Morgan fingerprint density at radius 3 is 2.45 bits per heavy atom. The highest BCUT2D eigenvalue weighted by Gasteiger charge is 2.26. The van der Waals surface area contributed by atoms with Crippen LogP contribution in [0.3, 0.4) is 0 Å². The van der Waals surface area contributed by atoms with Gasteiger partial charge in [-0.1, -0.05) is 51.8 Å². The molecule has 1 aliphatic rings. The van der Waals surface area contributed by atoms with Gasteiger partial charge in [-0.3, -0.25) is 4.79 Å². The first-order valence-corrected chi connectivity index (χ1v) is 10.6. The number of rotatable bonds is 4. The number of hydrogen-bond donors (Lipinski definition) is 1. The van der Waals surface area contributed by atoms with E-state index in [0.29, 0.717) is 0 Å². The molecule has 0 radical (unpaired) electrons. The Bertz CT molecular complexity index is 998. The zero-order chi connectivity index (χ0) is 20.2. The molecule has 1 fully saturated rings. The van der Waals surface area contributed by atoms with E-state index in [0.717, 1.165) is 53.2 Å². The van der Waals surface area contributed by atoms with Crippen LogP contribution in [0.2, 0.25) is 0 Å². The second-order valence-corrected chi connectivity index (χ2v) is 8.32. The van der Waals surface area contributed by atoms with Gasteiger partial charge < -0.3 is 10.2 Å². The van der Waals surface area contributed by atoms with Gasteiger partial charge in [-0.25, -0.2) is 9.97 Å². The smallest absolute Gasteiger partial charge is 0.227 e. The lowest BCUT2D eigenvalue weighted by atomic mass is 9.96. The van der Waals surface area contributed by atoms with Crippen molar-refractivity contribution >= 4 is 33.5 Å². The van der Waals surface area contributed by atoms with Gasteiger partial charge in [-0.15, -0.1) is 0 Å². The van der Waals surface area contributed by atoms with E-state index in [4.69, 9.17) is 0 Å². The van der Waals surface area contributed by atoms with Gasteiger partial charge in [0.25, 0.3) is 0 Å². The van der Waals surface area contributed by atoms with Crippen LogP contribution in [-0.4, -0.2) is 29.0 Å². The maximum Gasteiger partial charge on any atom is 0.227 e. The number of benzene rings is 2. The van der Waals surface area contributed by atoms with Gasteiger partial charge in [0.05, 0.1) is 0 Å². The van der Waals surface area contributed by atoms with E-state index in [-0.39, 0.29) is 11.8 Å². The second kappa shape index (κ2) is 8.74. The average Bonchev–Trinajstić information content (AvgIpc) is 2.74. The lowest BCUT2D eigenvalue weighted by Gasteiger charge is -2.31. The minimum absolute atomic E-state index is 0.0109. The fourth-order valence-corrected chi connectivity index (χ4v) is 4.01. The molecule has 2 heterocycles. The molecule has 1 N–H and O–H groups in total. The van der Waals surface area contributed by atoms with Crippen LogP contribution in [0.1, 0.15) is 18.4 Å². The lowest BCUT2D eigenvalue weighted by Crippen LogP contribution is -2.39. The number of nitrogens with zero attached hydrogens (tertiary/aromatic N) is 3. The maximum absolute atomic E-state index is 12.6. The van der Waals surface area contributed by atoms with E-state index >= 15 is 0 Å². The molecule has 2 aromatic carbocycles. The first-order chi connectivity index (χ1) is 14.1. The number of amides is 1. The summed E-state index contributed by atoms with van der Waals surface area (Å²) in [7, 11) is 0. The van der Waals surface area contributed by atoms with Crippen LogP contribution in [0.5, 0.6) is 0 Å². The molecular formula is C23H23BrN4O. The Kier molecular flexibility index (Phi) is 5.90. The first kappa shape index (κ1) is 19.6. The molecule has 6 heteroatoms. The van der Waals surface area contributed by atoms with Crippen molar-refractivity contribution in [2.24, 2.45) is 5.92 Å². The predicted molar refractivity (Wildman–Crippen MR) is 120 cm³/mol. The number of aryl methyl sites for hydroxylation is 1. The summed E-state index contributed by atoms with van der Waals surface area (Å²) in [6, 6.07) is 16.0. The topological polar surface area (TPSA) is 58.1 Å². The fourth-order valence-electron chi connectivity index (χ4n) is 3.61. The van der Waals surface area contributed by atoms with Gasteiger partial charge in [-0.2, -0.15) is 0 Å². The Morgan fingerprint density at radius 2 is 1.76 bits per heavy atom. The second-order valence-electron chi connectivity index (χ2n) is 7.40. The molecule has 0 unspecified atom stereocenters. The Hall–Kier alpha value is -2.73. The average molecular weight is 451 g/mol. The summed E-state index contributed by atoms with van der Waals surface area (Å²) in [4.78, 5) is 23.9. The van der Waals surface area contributed by atoms with Gasteiger partial charge in [0.2, 0.25) is 11.9 Å². The van der Waals surface area contributed by atoms with E-state index in [2.05, 4.69) is 61.2 Å². The van der Waals surface area contributed by atoms with Gasteiger partial charge in [0, 0.05) is 47.1 Å². The van der Waals surface area contributed by atoms with Crippen LogP contribution < -0.4 is 10.2 Å². The van der Waals surface area contributed by atoms with E-state index in [1.807, 2.05) is 42.7 Å². The number of carbonyl (C=O) groups is 1. The molecule has 1 aromatic heterocycles. The molecule has 1 saturated heterocycles.